The average molecular weight is 844 g/mol. The Kier molecular flexibility index (Phi) is 49.0. The molecule has 0 spiro atoms. The fourth-order valence-corrected chi connectivity index (χ4v) is 8.31. The number of amides is 1. The lowest BCUT2D eigenvalue weighted by Gasteiger charge is -2.26. The first kappa shape index (κ1) is 58.6. The lowest BCUT2D eigenvalue weighted by molar-refractivity contribution is -0.124. The van der Waals surface area contributed by atoms with Crippen LogP contribution in [0.3, 0.4) is 0 Å². The minimum absolute atomic E-state index is 0.153. The number of rotatable bonds is 49. The molecule has 5 heteroatoms. The second-order valence-electron chi connectivity index (χ2n) is 18.4. The van der Waals surface area contributed by atoms with E-state index in [1.807, 2.05) is 0 Å². The molecule has 1 amide bonds. The van der Waals surface area contributed by atoms with Crippen LogP contribution in [0.5, 0.6) is 0 Å². The summed E-state index contributed by atoms with van der Waals surface area (Å²) < 4.78 is 0. The van der Waals surface area contributed by atoms with Gasteiger partial charge in [0.1, 0.15) is 6.10 Å². The van der Waals surface area contributed by atoms with Crippen molar-refractivity contribution < 1.29 is 20.1 Å². The van der Waals surface area contributed by atoms with Crippen molar-refractivity contribution in [2.75, 3.05) is 6.61 Å². The number of hydrogen-bond donors (Lipinski definition) is 4. The zero-order chi connectivity index (χ0) is 43.7. The minimum atomic E-state index is -1.16. The molecule has 0 saturated carbocycles. The Bertz CT molecular complexity index is 931. The molecule has 0 bridgehead atoms. The Morgan fingerprint density at radius 3 is 1.07 bits per heavy atom. The molecule has 60 heavy (non-hydrogen) atoms. The molecule has 5 nitrogen and oxygen atoms in total. The van der Waals surface area contributed by atoms with Gasteiger partial charge in [0, 0.05) is 6.42 Å². The van der Waals surface area contributed by atoms with Gasteiger partial charge in [-0.3, -0.25) is 4.79 Å². The van der Waals surface area contributed by atoms with E-state index in [9.17, 15) is 20.1 Å². The number of unbranched alkanes of at least 4 members (excludes halogenated alkanes) is 35. The summed E-state index contributed by atoms with van der Waals surface area (Å²) in [5, 5.41) is 33.5. The number of hydrogen-bond acceptors (Lipinski definition) is 4. The molecule has 354 valence electrons. The maximum Gasteiger partial charge on any atom is 0.220 e. The van der Waals surface area contributed by atoms with Crippen LogP contribution in [0, 0.1) is 0 Å². The first-order valence-electron chi connectivity index (χ1n) is 26.8. The van der Waals surface area contributed by atoms with E-state index in [0.29, 0.717) is 12.8 Å². The van der Waals surface area contributed by atoms with Crippen molar-refractivity contribution in [3.8, 4) is 0 Å². The molecule has 0 aromatic rings. The van der Waals surface area contributed by atoms with E-state index in [1.54, 1.807) is 0 Å². The van der Waals surface area contributed by atoms with Crippen molar-refractivity contribution >= 4 is 5.91 Å². The predicted octanol–water partition coefficient (Wildman–Crippen LogP) is 16.3. The maximum atomic E-state index is 12.4. The van der Waals surface area contributed by atoms with E-state index in [2.05, 4.69) is 55.6 Å². The van der Waals surface area contributed by atoms with Gasteiger partial charge in [-0.15, -0.1) is 0 Å². The Morgan fingerprint density at radius 1 is 0.417 bits per heavy atom. The summed E-state index contributed by atoms with van der Waals surface area (Å²) in [4.78, 5) is 12.4. The highest BCUT2D eigenvalue weighted by Crippen LogP contribution is 2.17. The Hall–Kier alpha value is -1.43. The number of allylic oxidation sites excluding steroid dienone is 6. The molecule has 0 aliphatic carbocycles. The van der Waals surface area contributed by atoms with Gasteiger partial charge in [-0.1, -0.05) is 243 Å². The number of aliphatic hydroxyl groups excluding tert-OH is 3. The normalized spacial score (nSPS) is 13.6. The van der Waals surface area contributed by atoms with Gasteiger partial charge in [-0.2, -0.15) is 0 Å². The number of carbonyl (C=O) groups is 1. The predicted molar refractivity (Wildman–Crippen MR) is 264 cm³/mol. The third-order valence-corrected chi connectivity index (χ3v) is 12.5. The Labute approximate surface area is 374 Å². The zero-order valence-electron chi connectivity index (χ0n) is 40.4. The minimum Gasteiger partial charge on any atom is -0.394 e. The molecule has 3 atom stereocenters. The molecule has 0 heterocycles. The van der Waals surface area contributed by atoms with E-state index in [-0.39, 0.29) is 12.5 Å². The van der Waals surface area contributed by atoms with E-state index in [1.165, 1.54) is 212 Å². The SMILES string of the molecule is CCCCCCCC/C=C/CCCC(O)C(O)C(CO)NC(=O)CCCCCCCCCCCCCCCCCCC/C=C\C/C=C\CCCCCCCCCCCCC. The standard InChI is InChI=1S/C55H105NO4/c1-3-5-7-9-11-13-15-16-17-18-19-20-21-22-23-24-25-26-27-28-29-30-31-32-33-34-35-36-37-38-40-42-44-46-48-50-54(59)56-52(51-57)55(60)53(58)49-47-45-43-41-39-14-12-10-8-6-4-2/h21-22,24-25,41,43,52-53,55,57-58,60H,3-20,23,26-40,42,44-51H2,1-2H3,(H,56,59)/b22-21-,25-24-,43-41+. The average Bonchev–Trinajstić information content (AvgIpc) is 3.25. The van der Waals surface area contributed by atoms with E-state index >= 15 is 0 Å². The summed E-state index contributed by atoms with van der Waals surface area (Å²) in [6.45, 7) is 4.16. The zero-order valence-corrected chi connectivity index (χ0v) is 40.4. The van der Waals surface area contributed by atoms with E-state index < -0.39 is 18.2 Å². The molecule has 0 radical (unpaired) electrons. The summed E-state index contributed by atoms with van der Waals surface area (Å²) >= 11 is 0. The molecule has 3 unspecified atom stereocenters. The topological polar surface area (TPSA) is 89.8 Å². The van der Waals surface area contributed by atoms with Gasteiger partial charge < -0.3 is 20.6 Å². The highest BCUT2D eigenvalue weighted by Gasteiger charge is 2.26. The Balaban J connectivity index is 3.48. The summed E-state index contributed by atoms with van der Waals surface area (Å²) in [6.07, 6.45) is 64.5. The molecule has 0 aliphatic rings. The van der Waals surface area contributed by atoms with Crippen molar-refractivity contribution in [3.63, 3.8) is 0 Å². The van der Waals surface area contributed by atoms with Crippen LogP contribution in [0.15, 0.2) is 36.5 Å². The van der Waals surface area contributed by atoms with Crippen LogP contribution >= 0.6 is 0 Å². The smallest absolute Gasteiger partial charge is 0.220 e. The molecule has 4 N–H and O–H groups in total. The first-order valence-corrected chi connectivity index (χ1v) is 26.8. The van der Waals surface area contributed by atoms with Crippen LogP contribution in [0.2, 0.25) is 0 Å². The molecule has 0 rings (SSSR count). The van der Waals surface area contributed by atoms with Gasteiger partial charge in [0.25, 0.3) is 0 Å². The quantitative estimate of drug-likeness (QED) is 0.0363. The molecule has 0 aromatic heterocycles. The molecular weight excluding hydrogens is 739 g/mol. The van der Waals surface area contributed by atoms with Crippen LogP contribution in [0.25, 0.3) is 0 Å². The third kappa shape index (κ3) is 44.6. The van der Waals surface area contributed by atoms with Crippen LogP contribution in [-0.2, 0) is 4.79 Å². The summed E-state index contributed by atoms with van der Waals surface area (Å²) in [5.41, 5.74) is 0. The lowest BCUT2D eigenvalue weighted by atomic mass is 10.0. The maximum absolute atomic E-state index is 12.4. The second-order valence-corrected chi connectivity index (χ2v) is 18.4. The van der Waals surface area contributed by atoms with E-state index in [4.69, 9.17) is 0 Å². The highest BCUT2D eigenvalue weighted by molar-refractivity contribution is 5.76. The van der Waals surface area contributed by atoms with E-state index in [0.717, 1.165) is 44.9 Å². The van der Waals surface area contributed by atoms with Crippen LogP contribution in [0.1, 0.15) is 284 Å². The number of carbonyl (C=O) groups excluding carboxylic acids is 1. The molecular formula is C55H105NO4. The first-order chi connectivity index (χ1) is 29.6. The van der Waals surface area contributed by atoms with Gasteiger partial charge in [-0.05, 0) is 70.6 Å². The van der Waals surface area contributed by atoms with Crippen molar-refractivity contribution in [1.82, 2.24) is 5.32 Å². The van der Waals surface area contributed by atoms with Crippen molar-refractivity contribution in [1.29, 1.82) is 0 Å². The summed E-state index contributed by atoms with van der Waals surface area (Å²) in [5.74, 6) is -0.153. The van der Waals surface area contributed by atoms with Gasteiger partial charge in [0.2, 0.25) is 5.91 Å². The molecule has 0 saturated heterocycles. The fourth-order valence-electron chi connectivity index (χ4n) is 8.31. The van der Waals surface area contributed by atoms with Crippen LogP contribution in [-0.4, -0.2) is 46.1 Å². The summed E-state index contributed by atoms with van der Waals surface area (Å²) in [7, 11) is 0. The van der Waals surface area contributed by atoms with Crippen molar-refractivity contribution in [2.45, 2.75) is 302 Å². The number of aliphatic hydroxyl groups is 3. The van der Waals surface area contributed by atoms with Gasteiger partial charge in [0.15, 0.2) is 0 Å². The van der Waals surface area contributed by atoms with Gasteiger partial charge >= 0.3 is 0 Å². The Morgan fingerprint density at radius 2 is 0.717 bits per heavy atom. The molecule has 0 aliphatic heterocycles. The molecule has 0 aromatic carbocycles. The fraction of sp³-hybridized carbons (Fsp3) is 0.873. The van der Waals surface area contributed by atoms with Crippen LogP contribution < -0.4 is 5.32 Å². The van der Waals surface area contributed by atoms with Gasteiger partial charge in [0.05, 0.1) is 18.8 Å². The molecule has 0 fully saturated rings. The monoisotopic (exact) mass is 844 g/mol. The third-order valence-electron chi connectivity index (χ3n) is 12.5. The highest BCUT2D eigenvalue weighted by atomic mass is 16.3. The number of nitrogens with one attached hydrogen (secondary N) is 1. The van der Waals surface area contributed by atoms with Crippen molar-refractivity contribution in [2.24, 2.45) is 0 Å². The van der Waals surface area contributed by atoms with Crippen molar-refractivity contribution in [3.05, 3.63) is 36.5 Å². The van der Waals surface area contributed by atoms with Gasteiger partial charge in [-0.25, -0.2) is 0 Å². The summed E-state index contributed by atoms with van der Waals surface area (Å²) in [6, 6.07) is -0.824. The second kappa shape index (κ2) is 50.2. The van der Waals surface area contributed by atoms with Crippen LogP contribution in [0.4, 0.5) is 0 Å². The lowest BCUT2D eigenvalue weighted by Crippen LogP contribution is -2.50. The largest absolute Gasteiger partial charge is 0.394 e.